The van der Waals surface area contributed by atoms with Gasteiger partial charge in [0, 0.05) is 12.0 Å². The van der Waals surface area contributed by atoms with E-state index in [2.05, 4.69) is 38.4 Å². The van der Waals surface area contributed by atoms with Crippen LogP contribution >= 0.6 is 27.3 Å². The summed E-state index contributed by atoms with van der Waals surface area (Å²) in [5, 5.41) is 13.4. The first-order chi connectivity index (χ1) is 9.72. The first-order valence-electron chi connectivity index (χ1n) is 6.70. The molecule has 3 nitrogen and oxygen atoms in total. The van der Waals surface area contributed by atoms with Gasteiger partial charge in [-0.3, -0.25) is 0 Å². The van der Waals surface area contributed by atoms with Gasteiger partial charge in [-0.1, -0.05) is 30.4 Å². The number of aryl methyl sites for hydroxylation is 1. The third kappa shape index (κ3) is 4.07. The molecule has 0 saturated carbocycles. The predicted molar refractivity (Wildman–Crippen MR) is 84.5 cm³/mol. The zero-order valence-electron chi connectivity index (χ0n) is 11.3. The lowest BCUT2D eigenvalue weighted by Gasteiger charge is -2.00. The van der Waals surface area contributed by atoms with Crippen LogP contribution in [0.15, 0.2) is 22.7 Å². The first-order valence-corrected chi connectivity index (χ1v) is 8.30. The summed E-state index contributed by atoms with van der Waals surface area (Å²) in [6.07, 6.45) is 3.09. The monoisotopic (exact) mass is 357 g/mol. The van der Waals surface area contributed by atoms with Gasteiger partial charge in [0.15, 0.2) is 0 Å². The minimum Gasteiger partial charge on any atom is -0.317 e. The average Bonchev–Trinajstić information content (AvgIpc) is 2.90. The van der Waals surface area contributed by atoms with Crippen molar-refractivity contribution in [3.63, 3.8) is 0 Å². The molecule has 1 heterocycles. The molecular formula is C14H17BrFN3S. The number of hydrogen-bond acceptors (Lipinski definition) is 4. The molecule has 2 rings (SSSR count). The fourth-order valence-corrected chi connectivity index (χ4v) is 3.30. The van der Waals surface area contributed by atoms with Crippen molar-refractivity contribution in [2.24, 2.45) is 0 Å². The normalized spacial score (nSPS) is 10.9. The molecule has 0 radical (unpaired) electrons. The third-order valence-corrected chi connectivity index (χ3v) is 4.64. The molecule has 0 bridgehead atoms. The Hall–Kier alpha value is -0.850. The van der Waals surface area contributed by atoms with Crippen LogP contribution in [0.5, 0.6) is 0 Å². The SMILES string of the molecule is CCCNCCCc1nnc(-c2cccc(F)c2Br)s1. The van der Waals surface area contributed by atoms with Crippen molar-refractivity contribution >= 4 is 27.3 Å². The Labute approximate surface area is 130 Å². The fraction of sp³-hybridized carbons (Fsp3) is 0.429. The zero-order valence-corrected chi connectivity index (χ0v) is 13.7. The Balaban J connectivity index is 1.97. The van der Waals surface area contributed by atoms with E-state index in [1.165, 1.54) is 17.4 Å². The number of hydrogen-bond donors (Lipinski definition) is 1. The molecule has 0 fully saturated rings. The highest BCUT2D eigenvalue weighted by Gasteiger charge is 2.12. The minimum atomic E-state index is -0.275. The van der Waals surface area contributed by atoms with Gasteiger partial charge in [-0.15, -0.1) is 10.2 Å². The van der Waals surface area contributed by atoms with Gasteiger partial charge in [-0.05, 0) is 47.9 Å². The number of rotatable bonds is 7. The van der Waals surface area contributed by atoms with Gasteiger partial charge >= 0.3 is 0 Å². The topological polar surface area (TPSA) is 37.8 Å². The fourth-order valence-electron chi connectivity index (χ4n) is 1.80. The van der Waals surface area contributed by atoms with Crippen molar-refractivity contribution in [3.8, 4) is 10.6 Å². The molecule has 1 aromatic carbocycles. The van der Waals surface area contributed by atoms with E-state index in [1.54, 1.807) is 6.07 Å². The lowest BCUT2D eigenvalue weighted by atomic mass is 10.2. The molecule has 108 valence electrons. The standard InChI is InChI=1S/C14H17BrFN3S/c1-2-8-17-9-4-7-12-18-19-14(20-12)10-5-3-6-11(16)13(10)15/h3,5-6,17H,2,4,7-9H2,1H3. The van der Waals surface area contributed by atoms with E-state index < -0.39 is 0 Å². The number of halogens is 2. The Morgan fingerprint density at radius 3 is 2.95 bits per heavy atom. The predicted octanol–water partition coefficient (Wildman–Crippen LogP) is 4.04. The van der Waals surface area contributed by atoms with Gasteiger partial charge in [-0.25, -0.2) is 4.39 Å². The Kier molecular flexibility index (Phi) is 6.06. The molecule has 1 aromatic heterocycles. The van der Waals surface area contributed by atoms with E-state index in [-0.39, 0.29) is 5.82 Å². The second-order valence-corrected chi connectivity index (χ2v) is 6.31. The summed E-state index contributed by atoms with van der Waals surface area (Å²) < 4.78 is 13.9. The molecule has 1 N–H and O–H groups in total. The molecule has 0 aliphatic heterocycles. The van der Waals surface area contributed by atoms with Crippen molar-refractivity contribution < 1.29 is 4.39 Å². The number of nitrogens with one attached hydrogen (secondary N) is 1. The van der Waals surface area contributed by atoms with Gasteiger partial charge < -0.3 is 5.32 Å². The van der Waals surface area contributed by atoms with Crippen LogP contribution in [0.25, 0.3) is 10.6 Å². The largest absolute Gasteiger partial charge is 0.317 e. The number of aromatic nitrogens is 2. The molecule has 0 aliphatic rings. The summed E-state index contributed by atoms with van der Waals surface area (Å²) in [5.74, 6) is -0.275. The van der Waals surface area contributed by atoms with Gasteiger partial charge in [-0.2, -0.15) is 0 Å². The van der Waals surface area contributed by atoms with Crippen molar-refractivity contribution in [1.29, 1.82) is 0 Å². The second kappa shape index (κ2) is 7.81. The van der Waals surface area contributed by atoms with E-state index in [1.807, 2.05) is 6.07 Å². The molecule has 2 aromatic rings. The van der Waals surface area contributed by atoms with E-state index in [0.29, 0.717) is 4.47 Å². The highest BCUT2D eigenvalue weighted by molar-refractivity contribution is 9.10. The smallest absolute Gasteiger partial charge is 0.149 e. The summed E-state index contributed by atoms with van der Waals surface area (Å²) in [6, 6.07) is 4.96. The molecule has 0 spiro atoms. The van der Waals surface area contributed by atoms with E-state index in [0.717, 1.165) is 47.9 Å². The Morgan fingerprint density at radius 1 is 1.30 bits per heavy atom. The van der Waals surface area contributed by atoms with Crippen LogP contribution in [-0.4, -0.2) is 23.3 Å². The first kappa shape index (κ1) is 15.5. The minimum absolute atomic E-state index is 0.275. The van der Waals surface area contributed by atoms with Crippen molar-refractivity contribution in [2.45, 2.75) is 26.2 Å². The number of benzene rings is 1. The molecule has 0 amide bonds. The van der Waals surface area contributed by atoms with E-state index >= 15 is 0 Å². The molecule has 20 heavy (non-hydrogen) atoms. The maximum atomic E-state index is 13.5. The molecule has 0 atom stereocenters. The molecular weight excluding hydrogens is 341 g/mol. The van der Waals surface area contributed by atoms with Gasteiger partial charge in [0.25, 0.3) is 0 Å². The summed E-state index contributed by atoms with van der Waals surface area (Å²) in [7, 11) is 0. The van der Waals surface area contributed by atoms with E-state index in [4.69, 9.17) is 0 Å². The lowest BCUT2D eigenvalue weighted by molar-refractivity contribution is 0.621. The molecule has 6 heteroatoms. The Bertz CT molecular complexity index is 559. The summed E-state index contributed by atoms with van der Waals surface area (Å²) in [5.41, 5.74) is 0.762. The van der Waals surface area contributed by atoms with Gasteiger partial charge in [0.2, 0.25) is 0 Å². The second-order valence-electron chi connectivity index (χ2n) is 4.46. The lowest BCUT2D eigenvalue weighted by Crippen LogP contribution is -2.16. The van der Waals surface area contributed by atoms with Crippen LogP contribution in [0, 0.1) is 5.82 Å². The van der Waals surface area contributed by atoms with Crippen LogP contribution in [0.3, 0.4) is 0 Å². The van der Waals surface area contributed by atoms with Crippen molar-refractivity contribution in [3.05, 3.63) is 33.5 Å². The quantitative estimate of drug-likeness (QED) is 0.759. The summed E-state index contributed by atoms with van der Waals surface area (Å²) >= 11 is 4.79. The van der Waals surface area contributed by atoms with E-state index in [9.17, 15) is 4.39 Å². The molecule has 0 unspecified atom stereocenters. The van der Waals surface area contributed by atoms with Crippen LogP contribution in [0.1, 0.15) is 24.8 Å². The van der Waals surface area contributed by atoms with Gasteiger partial charge in [0.05, 0.1) is 4.47 Å². The third-order valence-electron chi connectivity index (χ3n) is 2.82. The van der Waals surface area contributed by atoms with Gasteiger partial charge in [0.1, 0.15) is 15.8 Å². The van der Waals surface area contributed by atoms with Crippen LogP contribution in [0.4, 0.5) is 4.39 Å². The van der Waals surface area contributed by atoms with Crippen LogP contribution in [-0.2, 0) is 6.42 Å². The average molecular weight is 358 g/mol. The maximum Gasteiger partial charge on any atom is 0.149 e. The van der Waals surface area contributed by atoms with Crippen molar-refractivity contribution in [1.82, 2.24) is 15.5 Å². The highest BCUT2D eigenvalue weighted by atomic mass is 79.9. The summed E-state index contributed by atoms with van der Waals surface area (Å²) in [6.45, 7) is 4.20. The van der Waals surface area contributed by atoms with Crippen LogP contribution in [0.2, 0.25) is 0 Å². The molecule has 0 saturated heterocycles. The highest BCUT2D eigenvalue weighted by Crippen LogP contribution is 2.32. The van der Waals surface area contributed by atoms with Crippen molar-refractivity contribution in [2.75, 3.05) is 13.1 Å². The Morgan fingerprint density at radius 2 is 2.15 bits per heavy atom. The summed E-state index contributed by atoms with van der Waals surface area (Å²) in [4.78, 5) is 0. The van der Waals surface area contributed by atoms with Crippen LogP contribution < -0.4 is 5.32 Å². The zero-order chi connectivity index (χ0) is 14.4. The molecule has 0 aliphatic carbocycles. The maximum absolute atomic E-state index is 13.5. The number of nitrogens with zero attached hydrogens (tertiary/aromatic N) is 2.